The molecule has 0 aliphatic heterocycles. The Labute approximate surface area is 188 Å². The molecule has 4 aliphatic carbocycles. The molecule has 3 fully saturated rings. The number of allylic oxidation sites excluding steroid dienone is 1. The molecule has 0 radical (unpaired) electrons. The maximum absolute atomic E-state index is 13.2. The maximum atomic E-state index is 13.2. The van der Waals surface area contributed by atoms with E-state index in [-0.39, 0.29) is 11.9 Å². The fraction of sp³-hybridized carbons (Fsp3) is 0.724. The quantitative estimate of drug-likeness (QED) is 0.502. The van der Waals surface area contributed by atoms with Gasteiger partial charge in [0.1, 0.15) is 5.82 Å². The predicted molar refractivity (Wildman–Crippen MR) is 125 cm³/mol. The molecule has 170 valence electrons. The van der Waals surface area contributed by atoms with Crippen LogP contribution in [-0.4, -0.2) is 11.2 Å². The molecule has 0 heterocycles. The van der Waals surface area contributed by atoms with Gasteiger partial charge in [0.2, 0.25) is 0 Å². The zero-order valence-corrected chi connectivity index (χ0v) is 19.7. The van der Waals surface area contributed by atoms with Gasteiger partial charge in [-0.25, -0.2) is 4.39 Å². The van der Waals surface area contributed by atoms with Gasteiger partial charge in [0.05, 0.1) is 6.10 Å². The molecule has 1 nitrogen and oxygen atoms in total. The Balaban J connectivity index is 1.30. The molecule has 3 saturated carbocycles. The zero-order chi connectivity index (χ0) is 21.8. The Bertz CT molecular complexity index is 828. The van der Waals surface area contributed by atoms with Crippen LogP contribution in [0.25, 0.3) is 0 Å². The highest BCUT2D eigenvalue weighted by molar-refractivity contribution is 5.25. The van der Waals surface area contributed by atoms with Crippen molar-refractivity contribution in [2.45, 2.75) is 91.1 Å². The minimum absolute atomic E-state index is 0.109. The summed E-state index contributed by atoms with van der Waals surface area (Å²) in [7, 11) is 0. The van der Waals surface area contributed by atoms with Gasteiger partial charge in [-0.2, -0.15) is 0 Å². The maximum Gasteiger partial charge on any atom is 0.123 e. The van der Waals surface area contributed by atoms with Gasteiger partial charge in [0.15, 0.2) is 0 Å². The van der Waals surface area contributed by atoms with Crippen molar-refractivity contribution in [2.75, 3.05) is 0 Å². The Morgan fingerprint density at radius 1 is 1.03 bits per heavy atom. The molecular weight excluding hydrogens is 383 g/mol. The summed E-state index contributed by atoms with van der Waals surface area (Å²) in [6, 6.07) is 7.12. The van der Waals surface area contributed by atoms with Crippen LogP contribution in [-0.2, 0) is 6.42 Å². The van der Waals surface area contributed by atoms with Crippen molar-refractivity contribution in [3.63, 3.8) is 0 Å². The lowest BCUT2D eigenvalue weighted by atomic mass is 9.47. The molecule has 1 aromatic rings. The van der Waals surface area contributed by atoms with Gasteiger partial charge in [-0.3, -0.25) is 0 Å². The fourth-order valence-corrected chi connectivity index (χ4v) is 8.86. The van der Waals surface area contributed by atoms with E-state index in [0.717, 1.165) is 48.9 Å². The SMILES string of the molecule is CC(CCc1ccc(F)cc1)C1CCC2C3CC=C4C[C@@H](O)CCC4(C)C3CCC12C. The van der Waals surface area contributed by atoms with Crippen LogP contribution in [0.1, 0.15) is 84.1 Å². The van der Waals surface area contributed by atoms with Crippen molar-refractivity contribution >= 4 is 0 Å². The van der Waals surface area contributed by atoms with Crippen molar-refractivity contribution < 1.29 is 9.50 Å². The fourth-order valence-electron chi connectivity index (χ4n) is 8.86. The first-order valence-electron chi connectivity index (χ1n) is 12.9. The summed E-state index contributed by atoms with van der Waals surface area (Å²) in [5.74, 6) is 3.96. The van der Waals surface area contributed by atoms with E-state index in [2.05, 4.69) is 26.8 Å². The molecule has 0 saturated heterocycles. The molecule has 4 aliphatic rings. The number of aryl methyl sites for hydroxylation is 1. The Hall–Kier alpha value is -1.15. The second-order valence-electron chi connectivity index (χ2n) is 12.0. The van der Waals surface area contributed by atoms with Gasteiger partial charge in [0, 0.05) is 0 Å². The smallest absolute Gasteiger partial charge is 0.123 e. The summed E-state index contributed by atoms with van der Waals surface area (Å²) < 4.78 is 13.2. The number of rotatable bonds is 4. The van der Waals surface area contributed by atoms with Crippen LogP contribution in [0.5, 0.6) is 0 Å². The summed E-state index contributed by atoms with van der Waals surface area (Å²) >= 11 is 0. The molecule has 7 unspecified atom stereocenters. The minimum Gasteiger partial charge on any atom is -0.393 e. The molecule has 8 atom stereocenters. The van der Waals surface area contributed by atoms with E-state index in [0.29, 0.717) is 10.8 Å². The number of hydrogen-bond acceptors (Lipinski definition) is 1. The highest BCUT2D eigenvalue weighted by Crippen LogP contribution is 2.67. The standard InChI is InChI=1S/C29H41FO/c1-19(4-5-20-6-9-22(30)10-7-20)25-12-13-26-24-11-8-21-18-23(31)14-16-28(21,2)27(24)15-17-29(25,26)3/h6-10,19,23-27,31H,4-5,11-18H2,1-3H3/t19?,23-,24?,25?,26?,27?,28?,29?/m0/s1. The minimum atomic E-state index is -0.134. The number of hydrogen-bond donors (Lipinski definition) is 1. The topological polar surface area (TPSA) is 20.2 Å². The van der Waals surface area contributed by atoms with Gasteiger partial charge in [-0.15, -0.1) is 0 Å². The third-order valence-electron chi connectivity index (χ3n) is 10.6. The molecule has 5 rings (SSSR count). The van der Waals surface area contributed by atoms with Crippen LogP contribution in [0, 0.1) is 46.2 Å². The number of benzene rings is 1. The second-order valence-corrected chi connectivity index (χ2v) is 12.0. The summed E-state index contributed by atoms with van der Waals surface area (Å²) in [6.07, 6.45) is 14.6. The van der Waals surface area contributed by atoms with E-state index in [1.165, 1.54) is 50.5 Å². The van der Waals surface area contributed by atoms with Crippen LogP contribution in [0.15, 0.2) is 35.9 Å². The van der Waals surface area contributed by atoms with E-state index < -0.39 is 0 Å². The van der Waals surface area contributed by atoms with E-state index in [9.17, 15) is 9.50 Å². The second kappa shape index (κ2) is 8.01. The first kappa shape index (κ1) is 21.7. The zero-order valence-electron chi connectivity index (χ0n) is 19.7. The van der Waals surface area contributed by atoms with Crippen molar-refractivity contribution in [2.24, 2.45) is 40.4 Å². The van der Waals surface area contributed by atoms with Crippen molar-refractivity contribution in [3.05, 3.63) is 47.3 Å². The Kier molecular flexibility index (Phi) is 5.60. The van der Waals surface area contributed by atoms with Crippen molar-refractivity contribution in [3.8, 4) is 0 Å². The molecule has 1 N–H and O–H groups in total. The van der Waals surface area contributed by atoms with Gasteiger partial charge in [-0.1, -0.05) is 44.6 Å². The molecule has 0 bridgehead atoms. The number of aliphatic hydroxyl groups is 1. The first-order valence-corrected chi connectivity index (χ1v) is 12.9. The van der Waals surface area contributed by atoms with Crippen LogP contribution >= 0.6 is 0 Å². The number of halogens is 1. The van der Waals surface area contributed by atoms with E-state index in [1.54, 1.807) is 17.7 Å². The molecule has 2 heteroatoms. The summed E-state index contributed by atoms with van der Waals surface area (Å²) in [4.78, 5) is 0. The third-order valence-corrected chi connectivity index (χ3v) is 10.6. The Morgan fingerprint density at radius 3 is 2.58 bits per heavy atom. The van der Waals surface area contributed by atoms with Gasteiger partial charge >= 0.3 is 0 Å². The van der Waals surface area contributed by atoms with Crippen LogP contribution < -0.4 is 0 Å². The third kappa shape index (κ3) is 3.62. The molecular formula is C29H41FO. The largest absolute Gasteiger partial charge is 0.393 e. The van der Waals surface area contributed by atoms with E-state index >= 15 is 0 Å². The Morgan fingerprint density at radius 2 is 1.81 bits per heavy atom. The average Bonchev–Trinajstić information content (AvgIpc) is 3.11. The van der Waals surface area contributed by atoms with Gasteiger partial charge in [-0.05, 0) is 122 Å². The van der Waals surface area contributed by atoms with E-state index in [1.807, 2.05) is 12.1 Å². The highest BCUT2D eigenvalue weighted by Gasteiger charge is 2.59. The van der Waals surface area contributed by atoms with Crippen LogP contribution in [0.3, 0.4) is 0 Å². The molecule has 0 aromatic heterocycles. The molecule has 31 heavy (non-hydrogen) atoms. The van der Waals surface area contributed by atoms with Crippen molar-refractivity contribution in [1.82, 2.24) is 0 Å². The lowest BCUT2D eigenvalue weighted by Gasteiger charge is -2.58. The lowest BCUT2D eigenvalue weighted by molar-refractivity contribution is -0.0571. The van der Waals surface area contributed by atoms with E-state index in [4.69, 9.17) is 0 Å². The lowest BCUT2D eigenvalue weighted by Crippen LogP contribution is -2.50. The normalized spacial score (nSPS) is 42.9. The molecule has 1 aromatic carbocycles. The summed E-state index contributed by atoms with van der Waals surface area (Å²) in [5.41, 5.74) is 3.68. The number of aliphatic hydroxyl groups excluding tert-OH is 1. The van der Waals surface area contributed by atoms with Crippen LogP contribution in [0.2, 0.25) is 0 Å². The molecule has 0 amide bonds. The predicted octanol–water partition coefficient (Wildman–Crippen LogP) is 7.33. The van der Waals surface area contributed by atoms with Gasteiger partial charge < -0.3 is 5.11 Å². The number of fused-ring (bicyclic) bond motifs is 5. The first-order chi connectivity index (χ1) is 14.8. The highest BCUT2D eigenvalue weighted by atomic mass is 19.1. The summed E-state index contributed by atoms with van der Waals surface area (Å²) in [6.45, 7) is 7.64. The van der Waals surface area contributed by atoms with Crippen molar-refractivity contribution in [1.29, 1.82) is 0 Å². The van der Waals surface area contributed by atoms with Crippen LogP contribution in [0.4, 0.5) is 4.39 Å². The summed E-state index contributed by atoms with van der Waals surface area (Å²) in [5, 5.41) is 10.2. The molecule has 0 spiro atoms. The average molecular weight is 425 g/mol. The monoisotopic (exact) mass is 424 g/mol. The van der Waals surface area contributed by atoms with Gasteiger partial charge in [0.25, 0.3) is 0 Å².